The summed E-state index contributed by atoms with van der Waals surface area (Å²) in [7, 11) is -2.62. The number of fused-ring (bicyclic) bond motifs is 2. The molecule has 45 heavy (non-hydrogen) atoms. The van der Waals surface area contributed by atoms with Crippen LogP contribution >= 0.6 is 7.75 Å². The van der Waals surface area contributed by atoms with E-state index in [0.29, 0.717) is 29.2 Å². The molecule has 1 aliphatic heterocycles. The quantitative estimate of drug-likeness (QED) is 0.0981. The number of esters is 1. The molecular weight excluding hydrogens is 599 g/mol. The molecule has 2 aromatic carbocycles. The fourth-order valence-corrected chi connectivity index (χ4v) is 7.02. The number of nitrogens with two attached hydrogens (primary N) is 1. The lowest BCUT2D eigenvalue weighted by Crippen LogP contribution is -2.36. The average molecular weight is 641 g/mol. The van der Waals surface area contributed by atoms with Gasteiger partial charge in [0, 0.05) is 11.3 Å². The van der Waals surface area contributed by atoms with Gasteiger partial charge in [-0.2, -0.15) is 15.1 Å². The third kappa shape index (κ3) is 7.38. The minimum Gasteiger partial charge on any atom is -0.479 e. The van der Waals surface area contributed by atoms with Crippen molar-refractivity contribution < 1.29 is 32.6 Å². The molecule has 1 saturated heterocycles. The Labute approximate surface area is 262 Å². The lowest BCUT2D eigenvalue weighted by Gasteiger charge is -2.25. The molecule has 2 aromatic heterocycles. The van der Waals surface area contributed by atoms with Gasteiger partial charge in [0.2, 0.25) is 11.8 Å². The molecule has 4 aromatic rings. The summed E-state index contributed by atoms with van der Waals surface area (Å²) in [4.78, 5) is 25.9. The predicted molar refractivity (Wildman–Crippen MR) is 170 cm³/mol. The maximum Gasteiger partial charge on any atom is 0.459 e. The minimum absolute atomic E-state index is 0.0141. The molecule has 0 saturated carbocycles. The largest absolute Gasteiger partial charge is 0.479 e. The number of imidazole rings is 1. The predicted octanol–water partition coefficient (Wildman–Crippen LogP) is 5.72. The van der Waals surface area contributed by atoms with E-state index in [9.17, 15) is 9.36 Å². The zero-order valence-electron chi connectivity index (χ0n) is 26.3. The number of anilines is 1. The van der Waals surface area contributed by atoms with Crippen molar-refractivity contribution in [3.05, 3.63) is 48.3 Å². The number of aromatic nitrogens is 4. The monoisotopic (exact) mass is 640 g/mol. The van der Waals surface area contributed by atoms with Gasteiger partial charge in [0.15, 0.2) is 11.2 Å². The van der Waals surface area contributed by atoms with Gasteiger partial charge in [0.25, 0.3) is 0 Å². The first kappa shape index (κ1) is 32.6. The van der Waals surface area contributed by atoms with E-state index in [-0.39, 0.29) is 31.0 Å². The van der Waals surface area contributed by atoms with E-state index in [1.807, 2.05) is 54.8 Å². The zero-order valence-corrected chi connectivity index (χ0v) is 27.2. The standard InChI is InChI=1S/C31H41N6O7P/c1-6-7-10-16-41-30(38)20(3)36-45(39,44-25-15-11-13-22-12-8-9-14-24(22)25)42-18-23-17-19(2)29(43-23)37-21(4)33-26-27(37)34-31(32)35-28(26)40-5/h8-9,11-15,19-20,23,29H,6-7,10,16-18H2,1-5H3,(H,36,39)(H2,32,34,35). The van der Waals surface area contributed by atoms with E-state index in [1.165, 1.54) is 7.11 Å². The van der Waals surface area contributed by atoms with Crippen molar-refractivity contribution in [3.63, 3.8) is 0 Å². The van der Waals surface area contributed by atoms with E-state index in [4.69, 9.17) is 29.0 Å². The van der Waals surface area contributed by atoms with Crippen LogP contribution in [0.3, 0.4) is 0 Å². The van der Waals surface area contributed by atoms with E-state index in [0.717, 1.165) is 30.0 Å². The van der Waals surface area contributed by atoms with Crippen LogP contribution in [0.1, 0.15) is 58.5 Å². The van der Waals surface area contributed by atoms with Gasteiger partial charge < -0.3 is 24.5 Å². The molecule has 0 amide bonds. The third-order valence-corrected chi connectivity index (χ3v) is 9.33. The average Bonchev–Trinajstić information content (AvgIpc) is 3.55. The van der Waals surface area contributed by atoms with Crippen LogP contribution in [0.25, 0.3) is 21.9 Å². The highest BCUT2D eigenvalue weighted by Gasteiger charge is 2.39. The van der Waals surface area contributed by atoms with Crippen molar-refractivity contribution in [1.29, 1.82) is 0 Å². The Morgan fingerprint density at radius 3 is 2.73 bits per heavy atom. The number of benzene rings is 2. The number of rotatable bonds is 14. The lowest BCUT2D eigenvalue weighted by molar-refractivity contribution is -0.145. The number of aryl methyl sites for hydroxylation is 1. The molecule has 3 heterocycles. The second-order valence-corrected chi connectivity index (χ2v) is 12.9. The molecule has 0 radical (unpaired) electrons. The van der Waals surface area contributed by atoms with Gasteiger partial charge in [-0.25, -0.2) is 9.55 Å². The number of ether oxygens (including phenoxy) is 3. The minimum atomic E-state index is -4.12. The number of methoxy groups -OCH3 is 1. The van der Waals surface area contributed by atoms with Crippen molar-refractivity contribution in [2.45, 2.75) is 71.8 Å². The van der Waals surface area contributed by atoms with Crippen molar-refractivity contribution in [1.82, 2.24) is 24.6 Å². The second kappa shape index (κ2) is 14.1. The molecule has 5 rings (SSSR count). The van der Waals surface area contributed by atoms with Crippen molar-refractivity contribution >= 4 is 41.6 Å². The number of hydrogen-bond acceptors (Lipinski definition) is 11. The first-order chi connectivity index (χ1) is 21.6. The van der Waals surface area contributed by atoms with Crippen molar-refractivity contribution in [3.8, 4) is 11.6 Å². The topological polar surface area (TPSA) is 162 Å². The van der Waals surface area contributed by atoms with Crippen molar-refractivity contribution in [2.75, 3.05) is 26.1 Å². The van der Waals surface area contributed by atoms with Crippen LogP contribution in [-0.4, -0.2) is 58.0 Å². The SMILES string of the molecule is CCCCCOC(=O)C(C)NP(=O)(OCC1CC(C)C(n2c(C)nc3c(OC)nc(N)nc32)O1)Oc1cccc2ccccc12. The Bertz CT molecular complexity index is 1690. The molecule has 242 valence electrons. The summed E-state index contributed by atoms with van der Waals surface area (Å²) in [6, 6.07) is 12.1. The van der Waals surface area contributed by atoms with Crippen LogP contribution in [-0.2, 0) is 23.4 Å². The summed E-state index contributed by atoms with van der Waals surface area (Å²) in [5.41, 5.74) is 6.92. The number of nitrogens with zero attached hydrogens (tertiary/aromatic N) is 4. The Morgan fingerprint density at radius 1 is 1.18 bits per heavy atom. The third-order valence-electron chi connectivity index (χ3n) is 7.70. The maximum absolute atomic E-state index is 14.3. The molecular formula is C31H41N6O7P. The Kier molecular flexibility index (Phi) is 10.2. The fraction of sp³-hybridized carbons (Fsp3) is 0.484. The van der Waals surface area contributed by atoms with Crippen LogP contribution in [0.5, 0.6) is 11.6 Å². The van der Waals surface area contributed by atoms with E-state index in [2.05, 4.69) is 27.0 Å². The summed E-state index contributed by atoms with van der Waals surface area (Å²) >= 11 is 0. The van der Waals surface area contributed by atoms with Gasteiger partial charge >= 0.3 is 13.7 Å². The number of hydrogen-bond donors (Lipinski definition) is 2. The molecule has 1 aliphatic rings. The summed E-state index contributed by atoms with van der Waals surface area (Å²) in [5, 5.41) is 4.46. The molecule has 3 N–H and O–H groups in total. The van der Waals surface area contributed by atoms with E-state index >= 15 is 0 Å². The summed E-state index contributed by atoms with van der Waals surface area (Å²) in [6.45, 7) is 7.74. The molecule has 0 spiro atoms. The highest BCUT2D eigenvalue weighted by Crippen LogP contribution is 2.48. The summed E-state index contributed by atoms with van der Waals surface area (Å²) in [5.74, 6) is 0.820. The van der Waals surface area contributed by atoms with E-state index < -0.39 is 32.1 Å². The molecule has 0 aliphatic carbocycles. The van der Waals surface area contributed by atoms with E-state index in [1.54, 1.807) is 13.0 Å². The Balaban J connectivity index is 1.35. The first-order valence-electron chi connectivity index (χ1n) is 15.2. The number of carbonyl (C=O) groups is 1. The second-order valence-electron chi connectivity index (χ2n) is 11.2. The van der Waals surface area contributed by atoms with Gasteiger partial charge in [0.1, 0.15) is 23.8 Å². The molecule has 14 heteroatoms. The number of nitrogens with one attached hydrogen (secondary N) is 1. The van der Waals surface area contributed by atoms with Gasteiger partial charge in [-0.3, -0.25) is 13.9 Å². The molecule has 1 fully saturated rings. The van der Waals surface area contributed by atoms with Crippen LogP contribution in [0, 0.1) is 12.8 Å². The molecule has 0 bridgehead atoms. The normalized spacial score (nSPS) is 20.2. The maximum atomic E-state index is 14.3. The fourth-order valence-electron chi connectivity index (χ4n) is 5.48. The molecule has 5 unspecified atom stereocenters. The van der Waals surface area contributed by atoms with Gasteiger partial charge in [0.05, 0.1) is 26.4 Å². The van der Waals surface area contributed by atoms with Crippen molar-refractivity contribution in [2.24, 2.45) is 5.92 Å². The van der Waals surface area contributed by atoms with Crippen LogP contribution in [0.15, 0.2) is 42.5 Å². The van der Waals surface area contributed by atoms with Gasteiger partial charge in [-0.1, -0.05) is 63.1 Å². The van der Waals surface area contributed by atoms with Crippen LogP contribution < -0.4 is 20.1 Å². The Morgan fingerprint density at radius 2 is 1.96 bits per heavy atom. The summed E-state index contributed by atoms with van der Waals surface area (Å²) in [6.07, 6.45) is 2.39. The lowest BCUT2D eigenvalue weighted by atomic mass is 10.1. The summed E-state index contributed by atoms with van der Waals surface area (Å²) < 4.78 is 45.5. The number of carbonyl (C=O) groups excluding carboxylic acids is 1. The van der Waals surface area contributed by atoms with Gasteiger partial charge in [-0.15, -0.1) is 0 Å². The smallest absolute Gasteiger partial charge is 0.459 e. The Hall–Kier alpha value is -3.77. The number of nitrogen functional groups attached to an aromatic ring is 1. The highest BCUT2D eigenvalue weighted by atomic mass is 31.2. The molecule has 5 atom stereocenters. The van der Waals surface area contributed by atoms with Gasteiger partial charge in [-0.05, 0) is 38.1 Å². The number of unbranched alkanes of at least 4 members (excludes halogenated alkanes) is 2. The zero-order chi connectivity index (χ0) is 32.1. The first-order valence-corrected chi connectivity index (χ1v) is 16.7. The molecule has 13 nitrogen and oxygen atoms in total. The highest BCUT2D eigenvalue weighted by molar-refractivity contribution is 7.52. The van der Waals surface area contributed by atoms with Crippen LogP contribution in [0.4, 0.5) is 5.95 Å². The van der Waals surface area contributed by atoms with Crippen LogP contribution in [0.2, 0.25) is 0 Å².